The van der Waals surface area contributed by atoms with E-state index in [-0.39, 0.29) is 0 Å². The molecule has 84 valence electrons. The van der Waals surface area contributed by atoms with Crippen molar-refractivity contribution >= 4 is 17.6 Å². The van der Waals surface area contributed by atoms with Crippen molar-refractivity contribution in [2.45, 2.75) is 27.1 Å². The van der Waals surface area contributed by atoms with E-state index in [2.05, 4.69) is 57.1 Å². The second kappa shape index (κ2) is 3.77. The Hall–Kier alpha value is -1.50. The van der Waals surface area contributed by atoms with Gasteiger partial charge in [-0.25, -0.2) is 0 Å². The second-order valence-corrected chi connectivity index (χ2v) is 5.18. The van der Waals surface area contributed by atoms with Crippen LogP contribution in [0.1, 0.15) is 22.3 Å². The summed E-state index contributed by atoms with van der Waals surface area (Å²) in [6.45, 7) is 7.35. The molecule has 0 spiro atoms. The van der Waals surface area contributed by atoms with E-state index in [1.807, 2.05) is 0 Å². The fraction of sp³-hybridized carbons (Fsp3) is 0.250. The van der Waals surface area contributed by atoms with Crippen molar-refractivity contribution < 1.29 is 0 Å². The molecule has 1 heterocycles. The maximum atomic E-state index is 2.34. The molecule has 1 aliphatic heterocycles. The average molecular weight is 220 g/mol. The highest BCUT2D eigenvalue weighted by molar-refractivity contribution is 6.85. The Bertz CT molecular complexity index is 584. The van der Waals surface area contributed by atoms with Crippen molar-refractivity contribution in [3.63, 3.8) is 0 Å². The molecule has 0 amide bonds. The molecule has 0 nitrogen and oxygen atoms in total. The Kier molecular flexibility index (Phi) is 2.36. The zero-order valence-corrected chi connectivity index (χ0v) is 10.7. The number of aryl methyl sites for hydroxylation is 1. The van der Waals surface area contributed by atoms with Crippen molar-refractivity contribution in [1.29, 1.82) is 0 Å². The Balaban J connectivity index is 2.24. The van der Waals surface area contributed by atoms with E-state index in [4.69, 9.17) is 0 Å². The largest absolute Gasteiger partial charge is 0.207 e. The third-order valence-electron chi connectivity index (χ3n) is 4.21. The molecular formula is C16H17B. The van der Waals surface area contributed by atoms with E-state index in [0.717, 1.165) is 6.42 Å². The number of hydrogen-bond donors (Lipinski definition) is 0. The first-order valence-electron chi connectivity index (χ1n) is 6.35. The summed E-state index contributed by atoms with van der Waals surface area (Å²) in [5, 5.41) is 0. The normalized spacial score (nSPS) is 13.2. The molecule has 0 N–H and O–H groups in total. The van der Waals surface area contributed by atoms with Crippen LogP contribution in [0.3, 0.4) is 0 Å². The summed E-state index contributed by atoms with van der Waals surface area (Å²) < 4.78 is 0. The highest BCUT2D eigenvalue weighted by Crippen LogP contribution is 2.17. The topological polar surface area (TPSA) is 0 Å². The molecule has 0 saturated carbocycles. The zero-order valence-electron chi connectivity index (χ0n) is 10.7. The molecule has 0 unspecified atom stereocenters. The number of fused-ring (bicyclic) bond motifs is 2. The highest BCUT2D eigenvalue weighted by Gasteiger charge is 2.26. The number of hydrogen-bond acceptors (Lipinski definition) is 0. The van der Waals surface area contributed by atoms with Crippen LogP contribution < -0.4 is 10.9 Å². The monoisotopic (exact) mass is 220 g/mol. The first kappa shape index (κ1) is 10.6. The standard InChI is InChI=1S/C16H17B/c1-11-8-9-14-10-13-6-4-5-7-15(13)17(3)16(14)12(11)2/h4-9H,10H2,1-3H3. The Morgan fingerprint density at radius 2 is 1.71 bits per heavy atom. The summed E-state index contributed by atoms with van der Waals surface area (Å²) in [4.78, 5) is 0. The molecule has 0 atom stereocenters. The van der Waals surface area contributed by atoms with E-state index in [9.17, 15) is 0 Å². The van der Waals surface area contributed by atoms with Gasteiger partial charge in [0.1, 0.15) is 0 Å². The molecule has 3 rings (SSSR count). The molecule has 2 aromatic rings. The van der Waals surface area contributed by atoms with Crippen molar-refractivity contribution in [3.8, 4) is 0 Å². The van der Waals surface area contributed by atoms with Gasteiger partial charge < -0.3 is 0 Å². The summed E-state index contributed by atoms with van der Waals surface area (Å²) >= 11 is 0. The fourth-order valence-electron chi connectivity index (χ4n) is 3.13. The molecule has 0 fully saturated rings. The van der Waals surface area contributed by atoms with E-state index in [1.165, 1.54) is 27.7 Å². The van der Waals surface area contributed by atoms with Crippen molar-refractivity contribution in [3.05, 3.63) is 58.7 Å². The molecule has 0 aromatic heterocycles. The van der Waals surface area contributed by atoms with Gasteiger partial charge in [-0.15, -0.1) is 0 Å². The highest BCUT2D eigenvalue weighted by atomic mass is 14.1. The third-order valence-corrected chi connectivity index (χ3v) is 4.21. The van der Waals surface area contributed by atoms with E-state index >= 15 is 0 Å². The predicted octanol–water partition coefficient (Wildman–Crippen LogP) is 2.45. The minimum Gasteiger partial charge on any atom is -0.0774 e. The van der Waals surface area contributed by atoms with Crippen LogP contribution in [0.4, 0.5) is 0 Å². The van der Waals surface area contributed by atoms with Gasteiger partial charge in [-0.1, -0.05) is 59.7 Å². The summed E-state index contributed by atoms with van der Waals surface area (Å²) in [7, 11) is 0. The molecular weight excluding hydrogens is 203 g/mol. The lowest BCUT2D eigenvalue weighted by Gasteiger charge is -2.26. The molecule has 0 aliphatic carbocycles. The fourth-order valence-corrected chi connectivity index (χ4v) is 3.13. The van der Waals surface area contributed by atoms with Gasteiger partial charge in [0.15, 0.2) is 0 Å². The van der Waals surface area contributed by atoms with Gasteiger partial charge in [0, 0.05) is 0 Å². The number of benzene rings is 2. The van der Waals surface area contributed by atoms with Crippen LogP contribution >= 0.6 is 0 Å². The van der Waals surface area contributed by atoms with Gasteiger partial charge in [-0.2, -0.15) is 0 Å². The van der Waals surface area contributed by atoms with Gasteiger partial charge >= 0.3 is 0 Å². The number of rotatable bonds is 0. The Labute approximate surface area is 104 Å². The zero-order chi connectivity index (χ0) is 12.0. The lowest BCUT2D eigenvalue weighted by atomic mass is 9.38. The Morgan fingerprint density at radius 3 is 2.53 bits per heavy atom. The lowest BCUT2D eigenvalue weighted by molar-refractivity contribution is 1.18. The Morgan fingerprint density at radius 1 is 0.941 bits per heavy atom. The molecule has 1 aliphatic rings. The van der Waals surface area contributed by atoms with E-state index in [0.29, 0.717) is 6.71 Å². The first-order valence-corrected chi connectivity index (χ1v) is 6.35. The van der Waals surface area contributed by atoms with Crippen LogP contribution in [-0.2, 0) is 6.42 Å². The van der Waals surface area contributed by atoms with Crippen LogP contribution in [0.5, 0.6) is 0 Å². The predicted molar refractivity (Wildman–Crippen MR) is 76.1 cm³/mol. The lowest BCUT2D eigenvalue weighted by Crippen LogP contribution is -2.48. The average Bonchev–Trinajstić information content (AvgIpc) is 2.34. The van der Waals surface area contributed by atoms with Gasteiger partial charge in [-0.3, -0.25) is 0 Å². The molecule has 17 heavy (non-hydrogen) atoms. The second-order valence-electron chi connectivity index (χ2n) is 5.18. The van der Waals surface area contributed by atoms with Gasteiger partial charge in [0.2, 0.25) is 6.71 Å². The molecule has 0 bridgehead atoms. The minimum absolute atomic E-state index is 0.537. The molecule has 1 heteroatoms. The summed E-state index contributed by atoms with van der Waals surface area (Å²) in [6, 6.07) is 13.4. The third kappa shape index (κ3) is 1.53. The SMILES string of the molecule is CB1c2ccccc2Cc2ccc(C)c(C)c21. The van der Waals surface area contributed by atoms with Crippen molar-refractivity contribution in [1.82, 2.24) is 0 Å². The van der Waals surface area contributed by atoms with E-state index in [1.54, 1.807) is 5.46 Å². The minimum atomic E-state index is 0.537. The smallest absolute Gasteiger partial charge is 0.0774 e. The molecule has 2 aromatic carbocycles. The van der Waals surface area contributed by atoms with Gasteiger partial charge in [-0.05, 0) is 37.0 Å². The van der Waals surface area contributed by atoms with Crippen LogP contribution in [0.25, 0.3) is 0 Å². The van der Waals surface area contributed by atoms with Crippen LogP contribution in [-0.4, -0.2) is 6.71 Å². The van der Waals surface area contributed by atoms with Crippen LogP contribution in [0.2, 0.25) is 6.82 Å². The van der Waals surface area contributed by atoms with Crippen molar-refractivity contribution in [2.24, 2.45) is 0 Å². The van der Waals surface area contributed by atoms with E-state index < -0.39 is 0 Å². The summed E-state index contributed by atoms with van der Waals surface area (Å²) in [5.41, 5.74) is 8.96. The van der Waals surface area contributed by atoms with Gasteiger partial charge in [0.05, 0.1) is 0 Å². The maximum Gasteiger partial charge on any atom is 0.207 e. The first-order chi connectivity index (χ1) is 8.18. The van der Waals surface area contributed by atoms with Crippen LogP contribution in [0.15, 0.2) is 36.4 Å². The molecule has 0 radical (unpaired) electrons. The summed E-state index contributed by atoms with van der Waals surface area (Å²) in [5.74, 6) is 0. The van der Waals surface area contributed by atoms with Crippen molar-refractivity contribution in [2.75, 3.05) is 0 Å². The molecule has 0 saturated heterocycles. The van der Waals surface area contributed by atoms with Crippen LogP contribution in [0, 0.1) is 13.8 Å². The maximum absolute atomic E-state index is 2.34. The quantitative estimate of drug-likeness (QED) is 0.598. The van der Waals surface area contributed by atoms with Gasteiger partial charge in [0.25, 0.3) is 0 Å². The summed E-state index contributed by atoms with van der Waals surface area (Å²) in [6.07, 6.45) is 1.09.